The molecule has 2 aliphatic heterocycles. The Bertz CT molecular complexity index is 1100. The minimum atomic E-state index is -0.453. The zero-order valence-corrected chi connectivity index (χ0v) is 17.8. The van der Waals surface area contributed by atoms with Crippen LogP contribution in [0.3, 0.4) is 0 Å². The van der Waals surface area contributed by atoms with Gasteiger partial charge in [-0.25, -0.2) is 4.99 Å². The molecule has 2 aromatic carbocycles. The molecule has 1 saturated heterocycles. The highest BCUT2D eigenvalue weighted by atomic mass is 32.2. The first-order valence-electron chi connectivity index (χ1n) is 9.26. The van der Waals surface area contributed by atoms with Crippen LogP contribution in [0.15, 0.2) is 81.0 Å². The average Bonchev–Trinajstić information content (AvgIpc) is 3.26. The van der Waals surface area contributed by atoms with Gasteiger partial charge >= 0.3 is 0 Å². The number of nitrogens with zero attached hydrogens (tertiary/aromatic N) is 4. The van der Waals surface area contributed by atoms with Crippen LogP contribution in [0.1, 0.15) is 6.92 Å². The maximum atomic E-state index is 13.2. The second-order valence-corrected chi connectivity index (χ2v) is 8.43. The van der Waals surface area contributed by atoms with Crippen LogP contribution in [-0.2, 0) is 4.79 Å². The zero-order chi connectivity index (χ0) is 21.3. The molecule has 0 N–H and O–H groups in total. The van der Waals surface area contributed by atoms with Crippen LogP contribution in [0.25, 0.3) is 0 Å². The first-order chi connectivity index (χ1) is 14.5. The summed E-state index contributed by atoms with van der Waals surface area (Å²) >= 11 is 2.91. The van der Waals surface area contributed by atoms with Crippen LogP contribution in [0.2, 0.25) is 0 Å². The number of anilines is 1. The quantitative estimate of drug-likeness (QED) is 0.278. The highest BCUT2D eigenvalue weighted by Crippen LogP contribution is 2.50. The summed E-state index contributed by atoms with van der Waals surface area (Å²) in [4.78, 5) is 33.7. The second-order valence-electron chi connectivity index (χ2n) is 6.42. The summed E-state index contributed by atoms with van der Waals surface area (Å²) in [5.41, 5.74) is 1.64. The Morgan fingerprint density at radius 2 is 1.87 bits per heavy atom. The van der Waals surface area contributed by atoms with Gasteiger partial charge in [0.1, 0.15) is 9.93 Å². The number of hydrogen-bond donors (Lipinski definition) is 0. The Kier molecular flexibility index (Phi) is 5.65. The molecule has 0 radical (unpaired) electrons. The van der Waals surface area contributed by atoms with E-state index in [1.54, 1.807) is 34.9 Å². The summed E-state index contributed by atoms with van der Waals surface area (Å²) in [6.45, 7) is 6.88. The van der Waals surface area contributed by atoms with Gasteiger partial charge in [0.05, 0.1) is 16.3 Å². The number of fused-ring (bicyclic) bond motifs is 1. The van der Waals surface area contributed by atoms with Gasteiger partial charge in [-0.15, -0.1) is 6.58 Å². The number of aliphatic imine (C=N–C) groups is 1. The normalized spacial score (nSPS) is 19.5. The highest BCUT2D eigenvalue weighted by molar-refractivity contribution is 8.19. The molecule has 9 heteroatoms. The van der Waals surface area contributed by atoms with Crippen molar-refractivity contribution in [1.82, 2.24) is 4.90 Å². The summed E-state index contributed by atoms with van der Waals surface area (Å²) in [6, 6.07) is 14.0. The average molecular weight is 439 g/mol. The van der Waals surface area contributed by atoms with E-state index in [4.69, 9.17) is 0 Å². The molecule has 1 amide bonds. The number of amidine groups is 1. The van der Waals surface area contributed by atoms with E-state index >= 15 is 0 Å². The van der Waals surface area contributed by atoms with E-state index in [2.05, 4.69) is 29.5 Å². The molecule has 2 aliphatic rings. The van der Waals surface area contributed by atoms with Gasteiger partial charge in [0.2, 0.25) is 0 Å². The lowest BCUT2D eigenvalue weighted by molar-refractivity contribution is -0.384. The Labute approximate surface area is 182 Å². The number of carbonyl (C=O) groups excluding carboxylic acids is 1. The molecule has 0 unspecified atom stereocenters. The van der Waals surface area contributed by atoms with E-state index in [1.807, 2.05) is 18.2 Å². The van der Waals surface area contributed by atoms with Crippen LogP contribution < -0.4 is 4.90 Å². The second kappa shape index (κ2) is 8.37. The van der Waals surface area contributed by atoms with Crippen molar-refractivity contribution < 1.29 is 9.72 Å². The lowest BCUT2D eigenvalue weighted by Gasteiger charge is -2.19. The summed E-state index contributed by atoms with van der Waals surface area (Å²) in [5, 5.41) is 12.3. The molecule has 2 aromatic rings. The van der Waals surface area contributed by atoms with Crippen molar-refractivity contribution in [2.45, 2.75) is 11.8 Å². The summed E-state index contributed by atoms with van der Waals surface area (Å²) in [6.07, 6.45) is 1.66. The number of para-hydroxylation sites is 1. The van der Waals surface area contributed by atoms with Crippen LogP contribution in [0.4, 0.5) is 17.1 Å². The van der Waals surface area contributed by atoms with Crippen molar-refractivity contribution in [3.8, 4) is 0 Å². The van der Waals surface area contributed by atoms with E-state index < -0.39 is 4.92 Å². The van der Waals surface area contributed by atoms with E-state index in [0.29, 0.717) is 22.3 Å². The third kappa shape index (κ3) is 3.61. The third-order valence-corrected chi connectivity index (χ3v) is 6.96. The number of nitro benzene ring substituents is 1. The number of non-ortho nitro benzene ring substituents is 1. The lowest BCUT2D eigenvalue weighted by Crippen LogP contribution is -2.30. The van der Waals surface area contributed by atoms with Crippen LogP contribution in [0.5, 0.6) is 0 Å². The molecule has 0 atom stereocenters. The van der Waals surface area contributed by atoms with Crippen LogP contribution >= 0.6 is 23.5 Å². The Hall–Kier alpha value is -3.04. The van der Waals surface area contributed by atoms with Crippen LogP contribution in [0, 0.1) is 10.1 Å². The SMILES string of the molecule is C=CCN1C(=O)/C(=C2/Sc3ccccc3N2CC)SC1=Nc1ccc([N+](=O)[O-])cc1. The third-order valence-electron chi connectivity index (χ3n) is 4.58. The van der Waals surface area contributed by atoms with Crippen molar-refractivity contribution in [3.05, 3.63) is 81.2 Å². The van der Waals surface area contributed by atoms with Crippen LogP contribution in [-0.4, -0.2) is 34.0 Å². The molecule has 7 nitrogen and oxygen atoms in total. The number of carbonyl (C=O) groups is 1. The molecule has 0 bridgehead atoms. The van der Waals surface area contributed by atoms with Crippen molar-refractivity contribution in [1.29, 1.82) is 0 Å². The van der Waals surface area contributed by atoms with Gasteiger partial charge in [-0.2, -0.15) is 0 Å². The summed E-state index contributed by atoms with van der Waals surface area (Å²) < 4.78 is 0. The van der Waals surface area contributed by atoms with E-state index in [1.165, 1.54) is 23.9 Å². The number of thioether (sulfide) groups is 2. The van der Waals surface area contributed by atoms with Gasteiger partial charge in [-0.05, 0) is 43.0 Å². The molecule has 0 saturated carbocycles. The molecule has 0 spiro atoms. The van der Waals surface area contributed by atoms with Gasteiger partial charge in [-0.3, -0.25) is 19.8 Å². The number of amides is 1. The highest BCUT2D eigenvalue weighted by Gasteiger charge is 2.39. The maximum Gasteiger partial charge on any atom is 0.269 e. The standard InChI is InChI=1S/C21H18N4O3S2/c1-3-13-24-19(26)18(20-23(4-2)16-7-5-6-8-17(16)29-20)30-21(24)22-14-9-11-15(12-10-14)25(27)28/h3,5-12H,1,4,13H2,2H3/b20-18-,22-21?. The topological polar surface area (TPSA) is 79.0 Å². The molecule has 2 heterocycles. The van der Waals surface area contributed by atoms with Crippen molar-refractivity contribution in [2.75, 3.05) is 18.0 Å². The molecule has 152 valence electrons. The minimum Gasteiger partial charge on any atom is -0.334 e. The summed E-state index contributed by atoms with van der Waals surface area (Å²) in [5.74, 6) is -0.116. The molecule has 30 heavy (non-hydrogen) atoms. The number of rotatable bonds is 5. The fourth-order valence-electron chi connectivity index (χ4n) is 3.19. The van der Waals surface area contributed by atoms with Gasteiger partial charge < -0.3 is 4.90 Å². The first kappa shape index (κ1) is 20.2. The predicted molar refractivity (Wildman–Crippen MR) is 122 cm³/mol. The maximum absolute atomic E-state index is 13.2. The number of benzene rings is 2. The number of nitro groups is 1. The largest absolute Gasteiger partial charge is 0.334 e. The number of hydrogen-bond acceptors (Lipinski definition) is 7. The molecule has 1 fully saturated rings. The Balaban J connectivity index is 1.72. The monoisotopic (exact) mass is 438 g/mol. The molecule has 4 rings (SSSR count). The molecular weight excluding hydrogens is 420 g/mol. The molecular formula is C21H18N4O3S2. The lowest BCUT2D eigenvalue weighted by atomic mass is 10.3. The van der Waals surface area contributed by atoms with Crippen molar-refractivity contribution >= 4 is 51.7 Å². The van der Waals surface area contributed by atoms with Gasteiger partial charge in [0, 0.05) is 30.1 Å². The van der Waals surface area contributed by atoms with E-state index in [9.17, 15) is 14.9 Å². The molecule has 0 aliphatic carbocycles. The first-order valence-corrected chi connectivity index (χ1v) is 10.9. The Morgan fingerprint density at radius 3 is 2.53 bits per heavy atom. The fraction of sp³-hybridized carbons (Fsp3) is 0.143. The van der Waals surface area contributed by atoms with Gasteiger partial charge in [0.25, 0.3) is 11.6 Å². The Morgan fingerprint density at radius 1 is 1.13 bits per heavy atom. The van der Waals surface area contributed by atoms with E-state index in [-0.39, 0.29) is 11.6 Å². The van der Waals surface area contributed by atoms with Crippen molar-refractivity contribution in [3.63, 3.8) is 0 Å². The minimum absolute atomic E-state index is 0.00133. The fourth-order valence-corrected chi connectivity index (χ4v) is 5.59. The van der Waals surface area contributed by atoms with E-state index in [0.717, 1.165) is 22.2 Å². The van der Waals surface area contributed by atoms with Crippen molar-refractivity contribution in [2.24, 2.45) is 4.99 Å². The molecule has 0 aromatic heterocycles. The summed E-state index contributed by atoms with van der Waals surface area (Å²) in [7, 11) is 0. The predicted octanol–water partition coefficient (Wildman–Crippen LogP) is 5.15. The zero-order valence-electron chi connectivity index (χ0n) is 16.1. The van der Waals surface area contributed by atoms with Gasteiger partial charge in [0.15, 0.2) is 5.17 Å². The van der Waals surface area contributed by atoms with Gasteiger partial charge in [-0.1, -0.05) is 30.0 Å². The smallest absolute Gasteiger partial charge is 0.269 e.